The van der Waals surface area contributed by atoms with Crippen molar-refractivity contribution in [3.63, 3.8) is 0 Å². The van der Waals surface area contributed by atoms with Gasteiger partial charge < -0.3 is 15.6 Å². The van der Waals surface area contributed by atoms with E-state index in [1.807, 2.05) is 60.9 Å². The molecule has 0 aliphatic carbocycles. The zero-order chi connectivity index (χ0) is 24.6. The highest BCUT2D eigenvalue weighted by atomic mass is 35.5. The van der Waals surface area contributed by atoms with Crippen molar-refractivity contribution >= 4 is 46.2 Å². The lowest BCUT2D eigenvalue weighted by Gasteiger charge is -2.22. The van der Waals surface area contributed by atoms with Crippen LogP contribution in [0.3, 0.4) is 0 Å². The quantitative estimate of drug-likeness (QED) is 0.258. The summed E-state index contributed by atoms with van der Waals surface area (Å²) < 4.78 is 0. The van der Waals surface area contributed by atoms with Crippen LogP contribution in [0.4, 0.5) is 0 Å². The molecule has 1 heterocycles. The normalized spacial score (nSPS) is 12.7. The molecule has 1 aromatic heterocycles. The first kappa shape index (κ1) is 24.8. The minimum atomic E-state index is -0.517. The molecule has 0 radical (unpaired) electrons. The number of aromatic amines is 1. The Morgan fingerprint density at radius 1 is 0.943 bits per heavy atom. The second-order valence-electron chi connectivity index (χ2n) is 8.16. The summed E-state index contributed by atoms with van der Waals surface area (Å²) in [4.78, 5) is 34.2. The smallest absolute Gasteiger partial charge is 0.253 e. The second kappa shape index (κ2) is 11.9. The fourth-order valence-electron chi connectivity index (χ4n) is 3.91. The molecule has 6 nitrogen and oxygen atoms in total. The molecule has 0 saturated carbocycles. The summed E-state index contributed by atoms with van der Waals surface area (Å²) >= 11 is 7.93. The summed E-state index contributed by atoms with van der Waals surface area (Å²) in [6.45, 7) is 0. The van der Waals surface area contributed by atoms with Crippen LogP contribution in [0.5, 0.6) is 0 Å². The summed E-state index contributed by atoms with van der Waals surface area (Å²) in [6, 6.07) is 23.4. The van der Waals surface area contributed by atoms with Gasteiger partial charge in [-0.25, -0.2) is 4.98 Å². The molecule has 0 aliphatic heterocycles. The standard InChI is InChI=1S/C27H27ClN4O2S/c1-35-16-15-23(26-30-21-13-7-8-14-22(21)31-26)29-25(33)17-24(18-9-3-2-4-10-18)32-27(34)19-11-5-6-12-20(19)28/h2-14,23-24H,15-17H2,1H3,(H,29,33)(H,30,31)(H,32,34). The van der Waals surface area contributed by atoms with Crippen molar-refractivity contribution < 1.29 is 9.59 Å². The number of nitrogens with zero attached hydrogens (tertiary/aromatic N) is 1. The molecule has 3 N–H and O–H groups in total. The number of para-hydroxylation sites is 2. The minimum absolute atomic E-state index is 0.0796. The molecular weight excluding hydrogens is 480 g/mol. The SMILES string of the molecule is CSCCC(NC(=O)CC(NC(=O)c1ccccc1Cl)c1ccccc1)c1nc2ccccc2[nH]1. The molecule has 35 heavy (non-hydrogen) atoms. The van der Waals surface area contributed by atoms with E-state index in [1.165, 1.54) is 0 Å². The number of rotatable bonds is 10. The number of aromatic nitrogens is 2. The van der Waals surface area contributed by atoms with Crippen molar-refractivity contribution in [1.82, 2.24) is 20.6 Å². The van der Waals surface area contributed by atoms with E-state index in [2.05, 4.69) is 15.6 Å². The van der Waals surface area contributed by atoms with Crippen molar-refractivity contribution in [3.05, 3.63) is 101 Å². The molecule has 2 amide bonds. The van der Waals surface area contributed by atoms with Crippen LogP contribution in [0.25, 0.3) is 11.0 Å². The Labute approximate surface area is 213 Å². The van der Waals surface area contributed by atoms with E-state index < -0.39 is 6.04 Å². The van der Waals surface area contributed by atoms with Crippen molar-refractivity contribution in [2.75, 3.05) is 12.0 Å². The number of carbonyl (C=O) groups excluding carboxylic acids is 2. The van der Waals surface area contributed by atoms with Gasteiger partial charge in [0.2, 0.25) is 5.91 Å². The lowest BCUT2D eigenvalue weighted by Crippen LogP contribution is -2.36. The summed E-state index contributed by atoms with van der Waals surface area (Å²) in [5.41, 5.74) is 3.00. The molecule has 0 bridgehead atoms. The topological polar surface area (TPSA) is 86.9 Å². The maximum atomic E-state index is 13.2. The van der Waals surface area contributed by atoms with Crippen LogP contribution >= 0.6 is 23.4 Å². The molecule has 0 saturated heterocycles. The Balaban J connectivity index is 1.52. The maximum Gasteiger partial charge on any atom is 0.253 e. The number of carbonyl (C=O) groups is 2. The molecular formula is C27H27ClN4O2S. The zero-order valence-electron chi connectivity index (χ0n) is 19.3. The number of thioether (sulfide) groups is 1. The van der Waals surface area contributed by atoms with E-state index in [1.54, 1.807) is 36.0 Å². The van der Waals surface area contributed by atoms with E-state index in [0.29, 0.717) is 10.6 Å². The van der Waals surface area contributed by atoms with E-state index in [9.17, 15) is 9.59 Å². The lowest BCUT2D eigenvalue weighted by atomic mass is 10.0. The van der Waals surface area contributed by atoms with Crippen LogP contribution in [-0.2, 0) is 4.79 Å². The van der Waals surface area contributed by atoms with Gasteiger partial charge in [0.15, 0.2) is 0 Å². The minimum Gasteiger partial charge on any atom is -0.346 e. The summed E-state index contributed by atoms with van der Waals surface area (Å²) in [5, 5.41) is 6.48. The van der Waals surface area contributed by atoms with Crippen LogP contribution in [0.15, 0.2) is 78.9 Å². The van der Waals surface area contributed by atoms with E-state index in [-0.39, 0.29) is 24.3 Å². The van der Waals surface area contributed by atoms with Gasteiger partial charge in [0, 0.05) is 0 Å². The van der Waals surface area contributed by atoms with E-state index in [0.717, 1.165) is 34.6 Å². The molecule has 2 unspecified atom stereocenters. The van der Waals surface area contributed by atoms with Crippen LogP contribution < -0.4 is 10.6 Å². The monoisotopic (exact) mass is 506 g/mol. The number of halogens is 1. The van der Waals surface area contributed by atoms with Crippen LogP contribution in [0.2, 0.25) is 5.02 Å². The third kappa shape index (κ3) is 6.44. The Bertz CT molecular complexity index is 1260. The van der Waals surface area contributed by atoms with Crippen molar-refractivity contribution in [2.45, 2.75) is 24.9 Å². The van der Waals surface area contributed by atoms with Gasteiger partial charge in [-0.05, 0) is 48.3 Å². The maximum absolute atomic E-state index is 13.2. The molecule has 0 aliphatic rings. The number of imidazole rings is 1. The second-order valence-corrected chi connectivity index (χ2v) is 9.55. The van der Waals surface area contributed by atoms with Gasteiger partial charge in [0.05, 0.1) is 40.1 Å². The number of hydrogen-bond donors (Lipinski definition) is 3. The Morgan fingerprint density at radius 2 is 1.66 bits per heavy atom. The number of benzene rings is 3. The van der Waals surface area contributed by atoms with Crippen molar-refractivity contribution in [3.8, 4) is 0 Å². The molecule has 2 atom stereocenters. The molecule has 0 fully saturated rings. The Kier molecular flexibility index (Phi) is 8.45. The van der Waals surface area contributed by atoms with Gasteiger partial charge in [-0.2, -0.15) is 11.8 Å². The number of nitrogens with one attached hydrogen (secondary N) is 3. The van der Waals surface area contributed by atoms with Crippen LogP contribution in [0, 0.1) is 0 Å². The van der Waals surface area contributed by atoms with Gasteiger partial charge in [-0.15, -0.1) is 0 Å². The highest BCUT2D eigenvalue weighted by Gasteiger charge is 2.23. The highest BCUT2D eigenvalue weighted by molar-refractivity contribution is 7.98. The Hall–Kier alpha value is -3.29. The number of amides is 2. The number of fused-ring (bicyclic) bond motifs is 1. The number of hydrogen-bond acceptors (Lipinski definition) is 4. The van der Waals surface area contributed by atoms with Crippen LogP contribution in [-0.4, -0.2) is 33.8 Å². The Morgan fingerprint density at radius 3 is 2.40 bits per heavy atom. The van der Waals surface area contributed by atoms with E-state index >= 15 is 0 Å². The van der Waals surface area contributed by atoms with Crippen molar-refractivity contribution in [2.24, 2.45) is 0 Å². The van der Waals surface area contributed by atoms with Gasteiger partial charge in [-0.3, -0.25) is 9.59 Å². The van der Waals surface area contributed by atoms with Gasteiger partial charge in [0.1, 0.15) is 5.82 Å². The van der Waals surface area contributed by atoms with Crippen molar-refractivity contribution in [1.29, 1.82) is 0 Å². The fraction of sp³-hybridized carbons (Fsp3) is 0.222. The van der Waals surface area contributed by atoms with Gasteiger partial charge in [-0.1, -0.05) is 66.2 Å². The first-order valence-electron chi connectivity index (χ1n) is 11.4. The average molecular weight is 507 g/mol. The molecule has 4 aromatic rings. The van der Waals surface area contributed by atoms with Gasteiger partial charge >= 0.3 is 0 Å². The number of H-pyrrole nitrogens is 1. The zero-order valence-corrected chi connectivity index (χ0v) is 20.9. The predicted molar refractivity (Wildman–Crippen MR) is 143 cm³/mol. The summed E-state index contributed by atoms with van der Waals surface area (Å²) in [5.74, 6) is 1.09. The van der Waals surface area contributed by atoms with Crippen LogP contribution in [0.1, 0.15) is 46.7 Å². The lowest BCUT2D eigenvalue weighted by molar-refractivity contribution is -0.122. The molecule has 0 spiro atoms. The third-order valence-corrected chi connectivity index (χ3v) is 6.67. The first-order valence-corrected chi connectivity index (χ1v) is 13.2. The summed E-state index contributed by atoms with van der Waals surface area (Å²) in [6.07, 6.45) is 2.85. The molecule has 3 aromatic carbocycles. The molecule has 8 heteroatoms. The predicted octanol–water partition coefficient (Wildman–Crippen LogP) is 5.69. The van der Waals surface area contributed by atoms with E-state index in [4.69, 9.17) is 16.6 Å². The summed E-state index contributed by atoms with van der Waals surface area (Å²) in [7, 11) is 0. The average Bonchev–Trinajstić information content (AvgIpc) is 3.31. The largest absolute Gasteiger partial charge is 0.346 e. The highest BCUT2D eigenvalue weighted by Crippen LogP contribution is 2.23. The van der Waals surface area contributed by atoms with Gasteiger partial charge in [0.25, 0.3) is 5.91 Å². The molecule has 180 valence electrons. The third-order valence-electron chi connectivity index (χ3n) is 5.70. The first-order chi connectivity index (χ1) is 17.0. The fourth-order valence-corrected chi connectivity index (χ4v) is 4.60. The molecule has 4 rings (SSSR count).